The molecule has 0 unspecified atom stereocenters. The normalized spacial score (nSPS) is 10.2. The Hall–Kier alpha value is -2.57. The van der Waals surface area contributed by atoms with Gasteiger partial charge in [0.25, 0.3) is 11.6 Å². The van der Waals surface area contributed by atoms with Crippen molar-refractivity contribution in [2.45, 2.75) is 6.92 Å². The number of rotatable bonds is 3. The molecule has 0 aliphatic rings. The van der Waals surface area contributed by atoms with Gasteiger partial charge in [-0.25, -0.2) is 0 Å². The average molecular weight is 233 g/mol. The molecule has 0 saturated carbocycles. The molecule has 1 aromatic carbocycles. The van der Waals surface area contributed by atoms with Gasteiger partial charge in [-0.05, 0) is 0 Å². The number of benzene rings is 1. The van der Waals surface area contributed by atoms with E-state index in [-0.39, 0.29) is 23.2 Å². The summed E-state index contributed by atoms with van der Waals surface area (Å²) in [7, 11) is 0. The predicted molar refractivity (Wildman–Crippen MR) is 56.4 cm³/mol. The highest BCUT2D eigenvalue weighted by Gasteiger charge is 2.14. The Morgan fingerprint density at radius 2 is 2.24 bits per heavy atom. The standard InChI is InChI=1S/C10H7N3O4/c1-6(14)10-11-9(12-17-10)7-3-2-4-8(5-7)13(15)16/h2-5H,1H3. The maximum Gasteiger partial charge on any atom is 0.294 e. The zero-order valence-electron chi connectivity index (χ0n) is 8.78. The fourth-order valence-electron chi connectivity index (χ4n) is 1.24. The summed E-state index contributed by atoms with van der Waals surface area (Å²) in [5.74, 6) is -0.320. The number of non-ortho nitro benzene ring substituents is 1. The number of nitro benzene ring substituents is 1. The molecule has 0 atom stereocenters. The van der Waals surface area contributed by atoms with Crippen LogP contribution in [0.3, 0.4) is 0 Å². The van der Waals surface area contributed by atoms with Crippen molar-refractivity contribution in [2.24, 2.45) is 0 Å². The summed E-state index contributed by atoms with van der Waals surface area (Å²) in [5.41, 5.74) is 0.354. The zero-order valence-corrected chi connectivity index (χ0v) is 8.78. The SMILES string of the molecule is CC(=O)c1nc(-c2cccc([N+](=O)[O-])c2)no1. The van der Waals surface area contributed by atoms with Crippen LogP contribution in [-0.4, -0.2) is 20.8 Å². The molecule has 0 aliphatic heterocycles. The Morgan fingerprint density at radius 1 is 1.47 bits per heavy atom. The summed E-state index contributed by atoms with van der Waals surface area (Å²) in [6.07, 6.45) is 0. The van der Waals surface area contributed by atoms with E-state index in [2.05, 4.69) is 10.1 Å². The van der Waals surface area contributed by atoms with E-state index in [0.29, 0.717) is 5.56 Å². The zero-order chi connectivity index (χ0) is 12.4. The Balaban J connectivity index is 2.42. The van der Waals surface area contributed by atoms with Crippen molar-refractivity contribution in [3.63, 3.8) is 0 Å². The van der Waals surface area contributed by atoms with E-state index in [0.717, 1.165) is 0 Å². The van der Waals surface area contributed by atoms with E-state index in [1.807, 2.05) is 0 Å². The van der Waals surface area contributed by atoms with Gasteiger partial charge in [0.1, 0.15) is 0 Å². The smallest absolute Gasteiger partial charge is 0.294 e. The van der Waals surface area contributed by atoms with Gasteiger partial charge >= 0.3 is 0 Å². The summed E-state index contributed by atoms with van der Waals surface area (Å²) in [6, 6.07) is 5.78. The number of ketones is 1. The molecule has 1 aromatic heterocycles. The predicted octanol–water partition coefficient (Wildman–Crippen LogP) is 1.85. The Kier molecular flexibility index (Phi) is 2.65. The van der Waals surface area contributed by atoms with Crippen molar-refractivity contribution in [1.29, 1.82) is 0 Å². The van der Waals surface area contributed by atoms with Gasteiger partial charge in [0.15, 0.2) is 0 Å². The molecule has 17 heavy (non-hydrogen) atoms. The molecular formula is C10H7N3O4. The van der Waals surface area contributed by atoms with Crippen LogP contribution in [0.4, 0.5) is 5.69 Å². The number of hydrogen-bond donors (Lipinski definition) is 0. The first-order valence-electron chi connectivity index (χ1n) is 4.67. The van der Waals surface area contributed by atoms with E-state index < -0.39 is 4.92 Å². The highest BCUT2D eigenvalue weighted by molar-refractivity contribution is 5.89. The van der Waals surface area contributed by atoms with E-state index in [4.69, 9.17) is 4.52 Å². The van der Waals surface area contributed by atoms with Crippen LogP contribution in [0.2, 0.25) is 0 Å². The lowest BCUT2D eigenvalue weighted by atomic mass is 10.2. The molecule has 0 radical (unpaired) electrons. The highest BCUT2D eigenvalue weighted by atomic mass is 16.6. The van der Waals surface area contributed by atoms with Crippen molar-refractivity contribution in [3.8, 4) is 11.4 Å². The van der Waals surface area contributed by atoms with Crippen LogP contribution in [0.25, 0.3) is 11.4 Å². The van der Waals surface area contributed by atoms with Crippen LogP contribution in [0.5, 0.6) is 0 Å². The summed E-state index contributed by atoms with van der Waals surface area (Å²) in [4.78, 5) is 24.9. The highest BCUT2D eigenvalue weighted by Crippen LogP contribution is 2.21. The molecular weight excluding hydrogens is 226 g/mol. The summed E-state index contributed by atoms with van der Waals surface area (Å²) in [5, 5.41) is 14.2. The van der Waals surface area contributed by atoms with E-state index in [9.17, 15) is 14.9 Å². The number of carbonyl (C=O) groups excluding carboxylic acids is 1. The monoisotopic (exact) mass is 233 g/mol. The van der Waals surface area contributed by atoms with Gasteiger partial charge in [0.05, 0.1) is 4.92 Å². The van der Waals surface area contributed by atoms with Crippen LogP contribution in [0, 0.1) is 10.1 Å². The number of aromatic nitrogens is 2. The molecule has 7 nitrogen and oxygen atoms in total. The molecule has 0 bridgehead atoms. The van der Waals surface area contributed by atoms with Gasteiger partial charge in [-0.15, -0.1) is 0 Å². The molecule has 2 aromatic rings. The van der Waals surface area contributed by atoms with Crippen LogP contribution >= 0.6 is 0 Å². The molecule has 1 heterocycles. The van der Waals surface area contributed by atoms with Gasteiger partial charge < -0.3 is 4.52 Å². The van der Waals surface area contributed by atoms with Crippen LogP contribution < -0.4 is 0 Å². The average Bonchev–Trinajstić information content (AvgIpc) is 2.78. The van der Waals surface area contributed by atoms with Crippen molar-refractivity contribution >= 4 is 11.5 Å². The molecule has 0 aliphatic carbocycles. The third-order valence-corrected chi connectivity index (χ3v) is 2.04. The second-order valence-electron chi connectivity index (χ2n) is 3.29. The summed E-state index contributed by atoms with van der Waals surface area (Å²) >= 11 is 0. The lowest BCUT2D eigenvalue weighted by Crippen LogP contribution is -1.92. The van der Waals surface area contributed by atoms with E-state index >= 15 is 0 Å². The number of hydrogen-bond acceptors (Lipinski definition) is 6. The molecule has 0 N–H and O–H groups in total. The molecule has 7 heteroatoms. The lowest BCUT2D eigenvalue weighted by Gasteiger charge is -1.93. The van der Waals surface area contributed by atoms with E-state index in [1.54, 1.807) is 6.07 Å². The van der Waals surface area contributed by atoms with Gasteiger partial charge in [0.2, 0.25) is 11.6 Å². The van der Waals surface area contributed by atoms with Crippen molar-refractivity contribution in [3.05, 3.63) is 40.3 Å². The first-order chi connectivity index (χ1) is 8.08. The minimum absolute atomic E-state index is 0.0725. The molecule has 86 valence electrons. The third kappa shape index (κ3) is 2.17. The Morgan fingerprint density at radius 3 is 2.82 bits per heavy atom. The molecule has 0 spiro atoms. The fourth-order valence-corrected chi connectivity index (χ4v) is 1.24. The minimum Gasteiger partial charge on any atom is -0.330 e. The first kappa shape index (κ1) is 10.9. The number of Topliss-reactive ketones (excluding diaryl/α,β-unsaturated/α-hetero) is 1. The number of nitrogens with zero attached hydrogens (tertiary/aromatic N) is 3. The van der Waals surface area contributed by atoms with Crippen LogP contribution in [0.1, 0.15) is 17.6 Å². The van der Waals surface area contributed by atoms with Crippen LogP contribution in [-0.2, 0) is 0 Å². The largest absolute Gasteiger partial charge is 0.330 e. The van der Waals surface area contributed by atoms with Crippen molar-refractivity contribution in [2.75, 3.05) is 0 Å². The topological polar surface area (TPSA) is 99.1 Å². The maximum absolute atomic E-state index is 11.0. The van der Waals surface area contributed by atoms with Crippen molar-refractivity contribution < 1.29 is 14.2 Å². The van der Waals surface area contributed by atoms with Gasteiger partial charge in [-0.2, -0.15) is 4.98 Å². The Bertz CT molecular complexity index is 591. The lowest BCUT2D eigenvalue weighted by molar-refractivity contribution is -0.384. The molecule has 2 rings (SSSR count). The molecule has 0 amide bonds. The third-order valence-electron chi connectivity index (χ3n) is 2.04. The minimum atomic E-state index is -0.518. The van der Waals surface area contributed by atoms with Gasteiger partial charge in [-0.3, -0.25) is 14.9 Å². The summed E-state index contributed by atoms with van der Waals surface area (Å²) in [6.45, 7) is 1.30. The van der Waals surface area contributed by atoms with Gasteiger partial charge in [-0.1, -0.05) is 17.3 Å². The number of carbonyl (C=O) groups is 1. The molecule has 0 fully saturated rings. The van der Waals surface area contributed by atoms with Gasteiger partial charge in [0, 0.05) is 24.6 Å². The maximum atomic E-state index is 11.0. The number of nitro groups is 1. The second kappa shape index (κ2) is 4.12. The first-order valence-corrected chi connectivity index (χ1v) is 4.67. The van der Waals surface area contributed by atoms with E-state index in [1.165, 1.54) is 25.1 Å². The fraction of sp³-hybridized carbons (Fsp3) is 0.100. The molecule has 0 saturated heterocycles. The van der Waals surface area contributed by atoms with Crippen LogP contribution in [0.15, 0.2) is 28.8 Å². The van der Waals surface area contributed by atoms with Crippen molar-refractivity contribution in [1.82, 2.24) is 10.1 Å². The second-order valence-corrected chi connectivity index (χ2v) is 3.29. The quantitative estimate of drug-likeness (QED) is 0.455. The summed E-state index contributed by atoms with van der Waals surface area (Å²) < 4.78 is 4.70. The Labute approximate surface area is 95.2 Å².